The lowest BCUT2D eigenvalue weighted by Crippen LogP contribution is -2.23. The number of carbonyl (C=O) groups excluding carboxylic acids is 1. The Kier molecular flexibility index (Phi) is 4.38. The predicted octanol–water partition coefficient (Wildman–Crippen LogP) is 1.37. The zero-order valence-electron chi connectivity index (χ0n) is 10.3. The van der Waals surface area contributed by atoms with Crippen LogP contribution in [-0.2, 0) is 21.4 Å². The van der Waals surface area contributed by atoms with Gasteiger partial charge in [0.25, 0.3) is 0 Å². The van der Waals surface area contributed by atoms with E-state index in [-0.39, 0.29) is 10.1 Å². The molecule has 1 aromatic heterocycles. The number of rotatable bonds is 5. The Hall–Kier alpha value is -1.18. The number of hydrogen-bond acceptors (Lipinski definition) is 4. The Morgan fingerprint density at radius 2 is 2.26 bits per heavy atom. The predicted molar refractivity (Wildman–Crippen MR) is 74.0 cm³/mol. The van der Waals surface area contributed by atoms with Crippen molar-refractivity contribution in [2.24, 2.45) is 11.1 Å². The molecule has 0 fully saturated rings. The maximum absolute atomic E-state index is 11.7. The maximum Gasteiger partial charge on any atom is 0.247 e. The number of primary sulfonamides is 1. The highest BCUT2D eigenvalue weighted by molar-refractivity contribution is 7.91. The van der Waals surface area contributed by atoms with Gasteiger partial charge in [-0.15, -0.1) is 11.3 Å². The molecule has 2 rings (SSSR count). The minimum atomic E-state index is -3.64. The van der Waals surface area contributed by atoms with Crippen molar-refractivity contribution in [3.63, 3.8) is 0 Å². The summed E-state index contributed by atoms with van der Waals surface area (Å²) in [6.45, 7) is 0.343. The van der Waals surface area contributed by atoms with Crippen LogP contribution >= 0.6 is 11.3 Å². The van der Waals surface area contributed by atoms with Crippen LogP contribution in [0.25, 0.3) is 0 Å². The number of thiophene rings is 1. The molecular formula is C12H16N2O3S2. The maximum atomic E-state index is 11.7. The van der Waals surface area contributed by atoms with E-state index < -0.39 is 10.0 Å². The third kappa shape index (κ3) is 4.15. The fraction of sp³-hybridized carbons (Fsp3) is 0.417. The van der Waals surface area contributed by atoms with Gasteiger partial charge in [-0.2, -0.15) is 0 Å². The van der Waals surface area contributed by atoms with Gasteiger partial charge in [0.15, 0.2) is 0 Å². The van der Waals surface area contributed by atoms with E-state index in [0.717, 1.165) is 29.1 Å². The van der Waals surface area contributed by atoms with Crippen LogP contribution in [0.15, 0.2) is 28.5 Å². The summed E-state index contributed by atoms with van der Waals surface area (Å²) >= 11 is 1.08. The van der Waals surface area contributed by atoms with Crippen molar-refractivity contribution in [2.75, 3.05) is 0 Å². The Labute approximate surface area is 116 Å². The van der Waals surface area contributed by atoms with E-state index in [4.69, 9.17) is 5.14 Å². The molecule has 1 amide bonds. The van der Waals surface area contributed by atoms with Crippen molar-refractivity contribution in [3.05, 3.63) is 29.2 Å². The molecule has 5 nitrogen and oxygen atoms in total. The average molecular weight is 300 g/mol. The topological polar surface area (TPSA) is 89.3 Å². The number of hydrogen-bond donors (Lipinski definition) is 2. The molecule has 0 aromatic carbocycles. The van der Waals surface area contributed by atoms with Gasteiger partial charge in [0.1, 0.15) is 4.21 Å². The monoisotopic (exact) mass is 300 g/mol. The molecule has 0 radical (unpaired) electrons. The third-order valence-electron chi connectivity index (χ3n) is 2.94. The first-order valence-electron chi connectivity index (χ1n) is 6.00. The lowest BCUT2D eigenvalue weighted by atomic mass is 10.1. The number of nitrogens with one attached hydrogen (secondary N) is 1. The van der Waals surface area contributed by atoms with Gasteiger partial charge >= 0.3 is 0 Å². The SMILES string of the molecule is NS(=O)(=O)c1ccc(CNC(=O)CC2C=CCC2)s1. The quantitative estimate of drug-likeness (QED) is 0.805. The largest absolute Gasteiger partial charge is 0.351 e. The number of amides is 1. The molecule has 0 saturated carbocycles. The smallest absolute Gasteiger partial charge is 0.247 e. The van der Waals surface area contributed by atoms with Crippen LogP contribution < -0.4 is 10.5 Å². The normalized spacial score (nSPS) is 18.7. The van der Waals surface area contributed by atoms with Crippen molar-refractivity contribution in [1.29, 1.82) is 0 Å². The van der Waals surface area contributed by atoms with Crippen LogP contribution in [-0.4, -0.2) is 14.3 Å². The summed E-state index contributed by atoms with van der Waals surface area (Å²) in [6, 6.07) is 3.13. The summed E-state index contributed by atoms with van der Waals surface area (Å²) in [5, 5.41) is 7.82. The standard InChI is InChI=1S/C12H16N2O3S2/c13-19(16,17)12-6-5-10(18-12)8-14-11(15)7-9-3-1-2-4-9/h1,3,5-6,9H,2,4,7-8H2,(H,14,15)(H2,13,16,17). The van der Waals surface area contributed by atoms with E-state index in [2.05, 4.69) is 17.5 Å². The van der Waals surface area contributed by atoms with E-state index in [0.29, 0.717) is 18.9 Å². The summed E-state index contributed by atoms with van der Waals surface area (Å²) in [6.07, 6.45) is 6.73. The zero-order chi connectivity index (χ0) is 13.9. The van der Waals surface area contributed by atoms with E-state index >= 15 is 0 Å². The second-order valence-electron chi connectivity index (χ2n) is 4.51. The van der Waals surface area contributed by atoms with E-state index in [1.165, 1.54) is 6.07 Å². The molecule has 1 aliphatic rings. The molecule has 1 aliphatic carbocycles. The van der Waals surface area contributed by atoms with Gasteiger partial charge in [0, 0.05) is 11.3 Å². The van der Waals surface area contributed by atoms with Gasteiger partial charge in [-0.1, -0.05) is 12.2 Å². The average Bonchev–Trinajstić information content (AvgIpc) is 2.95. The minimum Gasteiger partial charge on any atom is -0.351 e. The van der Waals surface area contributed by atoms with Gasteiger partial charge < -0.3 is 5.32 Å². The highest BCUT2D eigenvalue weighted by atomic mass is 32.2. The first kappa shape index (κ1) is 14.2. The first-order chi connectivity index (χ1) is 8.95. The number of nitrogens with two attached hydrogens (primary N) is 1. The van der Waals surface area contributed by atoms with Gasteiger partial charge in [-0.05, 0) is 30.9 Å². The lowest BCUT2D eigenvalue weighted by Gasteiger charge is -2.07. The van der Waals surface area contributed by atoms with Crippen LogP contribution in [0.4, 0.5) is 0 Å². The molecule has 1 unspecified atom stereocenters. The molecule has 1 atom stereocenters. The molecule has 0 aliphatic heterocycles. The Morgan fingerprint density at radius 3 is 2.84 bits per heavy atom. The van der Waals surface area contributed by atoms with Crippen LogP contribution in [0.3, 0.4) is 0 Å². The summed E-state index contributed by atoms with van der Waals surface area (Å²) in [7, 11) is -3.64. The summed E-state index contributed by atoms with van der Waals surface area (Å²) < 4.78 is 22.3. The molecule has 0 bridgehead atoms. The molecule has 1 aromatic rings. The first-order valence-corrected chi connectivity index (χ1v) is 8.36. The van der Waals surface area contributed by atoms with Gasteiger partial charge in [0.2, 0.25) is 15.9 Å². The highest BCUT2D eigenvalue weighted by Gasteiger charge is 2.15. The van der Waals surface area contributed by atoms with Crippen LogP contribution in [0, 0.1) is 5.92 Å². The van der Waals surface area contributed by atoms with Gasteiger partial charge in [0.05, 0.1) is 6.54 Å². The molecule has 19 heavy (non-hydrogen) atoms. The Balaban J connectivity index is 1.83. The summed E-state index contributed by atoms with van der Waals surface area (Å²) in [5.41, 5.74) is 0. The third-order valence-corrected chi connectivity index (χ3v) is 5.46. The van der Waals surface area contributed by atoms with Crippen LogP contribution in [0.1, 0.15) is 24.1 Å². The highest BCUT2D eigenvalue weighted by Crippen LogP contribution is 2.21. The molecule has 0 saturated heterocycles. The number of sulfonamides is 1. The fourth-order valence-corrected chi connectivity index (χ4v) is 3.69. The molecule has 0 spiro atoms. The second-order valence-corrected chi connectivity index (χ2v) is 7.47. The number of allylic oxidation sites excluding steroid dienone is 2. The van der Waals surface area contributed by atoms with Crippen molar-refractivity contribution < 1.29 is 13.2 Å². The van der Waals surface area contributed by atoms with Crippen LogP contribution in [0.2, 0.25) is 0 Å². The molecular weight excluding hydrogens is 284 g/mol. The Bertz CT molecular complexity index is 590. The van der Waals surface area contributed by atoms with Gasteiger partial charge in [-0.3, -0.25) is 4.79 Å². The molecule has 7 heteroatoms. The van der Waals surface area contributed by atoms with E-state index in [1.807, 2.05) is 0 Å². The van der Waals surface area contributed by atoms with Crippen molar-refractivity contribution in [1.82, 2.24) is 5.32 Å². The Morgan fingerprint density at radius 1 is 1.47 bits per heavy atom. The lowest BCUT2D eigenvalue weighted by molar-refractivity contribution is -0.121. The van der Waals surface area contributed by atoms with Crippen molar-refractivity contribution >= 4 is 27.3 Å². The van der Waals surface area contributed by atoms with Crippen LogP contribution in [0.5, 0.6) is 0 Å². The fourth-order valence-electron chi connectivity index (χ4n) is 1.97. The van der Waals surface area contributed by atoms with Gasteiger partial charge in [-0.25, -0.2) is 13.6 Å². The summed E-state index contributed by atoms with van der Waals surface area (Å²) in [5.74, 6) is 0.324. The zero-order valence-corrected chi connectivity index (χ0v) is 12.0. The van der Waals surface area contributed by atoms with E-state index in [1.54, 1.807) is 6.07 Å². The molecule has 3 N–H and O–H groups in total. The van der Waals surface area contributed by atoms with E-state index in [9.17, 15) is 13.2 Å². The molecule has 1 heterocycles. The second kappa shape index (κ2) is 5.85. The molecule has 104 valence electrons. The summed E-state index contributed by atoms with van der Waals surface area (Å²) in [4.78, 5) is 12.5. The number of carbonyl (C=O) groups is 1. The minimum absolute atomic E-state index is 0.0119. The van der Waals surface area contributed by atoms with Crippen molar-refractivity contribution in [3.8, 4) is 0 Å². The van der Waals surface area contributed by atoms with Crippen molar-refractivity contribution in [2.45, 2.75) is 30.0 Å².